The minimum Gasteiger partial charge on any atom is -0.477 e. The van der Waals surface area contributed by atoms with Crippen LogP contribution in [0.4, 0.5) is 4.79 Å². The van der Waals surface area contributed by atoms with Gasteiger partial charge in [-0.3, -0.25) is 4.79 Å². The number of carbonyl (C=O) groups is 3. The molecule has 2 aliphatic carbocycles. The van der Waals surface area contributed by atoms with E-state index >= 15 is 0 Å². The molecule has 2 fully saturated rings. The Balaban J connectivity index is 1.35. The summed E-state index contributed by atoms with van der Waals surface area (Å²) in [7, 11) is 1.99. The monoisotopic (exact) mass is 557 g/mol. The summed E-state index contributed by atoms with van der Waals surface area (Å²) in [6.07, 6.45) is -0.104. The van der Waals surface area contributed by atoms with Gasteiger partial charge in [0.2, 0.25) is 5.79 Å². The van der Waals surface area contributed by atoms with Crippen LogP contribution in [0.25, 0.3) is 0 Å². The number of likely N-dealkylation sites (N-methyl/N-ethyl adjacent to an activating group) is 1. The quantitative estimate of drug-likeness (QED) is 0.333. The molecule has 5 atom stereocenters. The molecule has 40 heavy (non-hydrogen) atoms. The fraction of sp³-hybridized carbons (Fsp3) is 0.621. The van der Waals surface area contributed by atoms with E-state index in [1.54, 1.807) is 46.8 Å². The van der Waals surface area contributed by atoms with Crippen LogP contribution in [0.5, 0.6) is 11.5 Å². The van der Waals surface area contributed by atoms with E-state index in [0.717, 1.165) is 11.1 Å². The van der Waals surface area contributed by atoms with Crippen molar-refractivity contribution in [2.75, 3.05) is 13.6 Å². The number of piperidine rings is 1. The van der Waals surface area contributed by atoms with E-state index in [0.29, 0.717) is 25.1 Å². The van der Waals surface area contributed by atoms with Crippen LogP contribution in [0, 0.1) is 0 Å². The van der Waals surface area contributed by atoms with Crippen LogP contribution < -0.4 is 9.47 Å². The van der Waals surface area contributed by atoms with E-state index < -0.39 is 52.7 Å². The van der Waals surface area contributed by atoms with Crippen molar-refractivity contribution in [1.82, 2.24) is 4.90 Å². The third-order valence-electron chi connectivity index (χ3n) is 8.54. The highest BCUT2D eigenvalue weighted by Crippen LogP contribution is 2.65. The molecule has 3 heterocycles. The van der Waals surface area contributed by atoms with Crippen LogP contribution in [-0.2, 0) is 40.4 Å². The summed E-state index contributed by atoms with van der Waals surface area (Å²) in [5.74, 6) is -1.68. The highest BCUT2D eigenvalue weighted by molar-refractivity contribution is 5.83. The predicted octanol–water partition coefficient (Wildman–Crippen LogP) is 2.89. The average molecular weight is 558 g/mol. The van der Waals surface area contributed by atoms with Gasteiger partial charge in [0.05, 0.1) is 17.4 Å². The summed E-state index contributed by atoms with van der Waals surface area (Å²) in [4.78, 5) is 40.0. The van der Waals surface area contributed by atoms with Crippen molar-refractivity contribution < 1.29 is 47.9 Å². The number of hydrogen-bond donors (Lipinski definition) is 1. The van der Waals surface area contributed by atoms with Gasteiger partial charge in [0.25, 0.3) is 0 Å². The van der Waals surface area contributed by atoms with Crippen molar-refractivity contribution in [1.29, 1.82) is 0 Å². The summed E-state index contributed by atoms with van der Waals surface area (Å²) >= 11 is 0. The highest BCUT2D eigenvalue weighted by Gasteiger charge is 2.72. The minimum absolute atomic E-state index is 0.173. The topological polar surface area (TPSA) is 130 Å². The standard InChI is InChI=1S/C29H35NO10/c1-26(2,3)40-25(33)36-16-8-7-15-13-19-29(34)10-9-17(35-20(31)14-18-24(32)39-27(4,5)38-18)23-28(29,11-12-30(19)6)21(15)22(16)37-23/h7-9,18-19,23,34H,10-14H2,1-6H3/t18-,19+,23+,28+,29-/m1/s1. The molecule has 0 amide bonds. The molecule has 1 aromatic carbocycles. The number of nitrogens with zero attached hydrogens (tertiary/aromatic N) is 1. The highest BCUT2D eigenvalue weighted by atomic mass is 16.8. The SMILES string of the molecule is CN1CC[C@]23c4c5ccc(OC(=O)OC(C)(C)C)c4O[C@H]2C(OC(=O)C[C@H]2OC(C)(C)OC2=O)=CC[C@@]3(O)[C@@H]1C5. The van der Waals surface area contributed by atoms with E-state index in [2.05, 4.69) is 4.90 Å². The summed E-state index contributed by atoms with van der Waals surface area (Å²) in [5, 5.41) is 12.4. The van der Waals surface area contributed by atoms with Crippen molar-refractivity contribution in [3.05, 3.63) is 35.1 Å². The lowest BCUT2D eigenvalue weighted by atomic mass is 9.50. The van der Waals surface area contributed by atoms with Gasteiger partial charge in [-0.15, -0.1) is 0 Å². The fourth-order valence-corrected chi connectivity index (χ4v) is 7.04. The van der Waals surface area contributed by atoms with E-state index in [4.69, 9.17) is 28.4 Å². The summed E-state index contributed by atoms with van der Waals surface area (Å²) in [6.45, 7) is 9.10. The van der Waals surface area contributed by atoms with Gasteiger partial charge in [-0.25, -0.2) is 9.59 Å². The van der Waals surface area contributed by atoms with Gasteiger partial charge in [-0.2, -0.15) is 0 Å². The van der Waals surface area contributed by atoms with Crippen molar-refractivity contribution in [3.8, 4) is 11.5 Å². The molecule has 1 N–H and O–H groups in total. The first-order valence-corrected chi connectivity index (χ1v) is 13.6. The number of rotatable bonds is 4. The lowest BCUT2D eigenvalue weighted by Crippen LogP contribution is -2.74. The molecular formula is C29H35NO10. The summed E-state index contributed by atoms with van der Waals surface area (Å²) < 4.78 is 34.0. The molecule has 6 rings (SSSR count). The molecule has 0 saturated carbocycles. The number of esters is 2. The van der Waals surface area contributed by atoms with Crippen LogP contribution in [-0.4, -0.2) is 76.9 Å². The van der Waals surface area contributed by atoms with Crippen LogP contribution in [0.2, 0.25) is 0 Å². The normalized spacial score (nSPS) is 33.3. The van der Waals surface area contributed by atoms with Gasteiger partial charge in [0.15, 0.2) is 23.7 Å². The van der Waals surface area contributed by atoms with Gasteiger partial charge in [0, 0.05) is 31.9 Å². The Morgan fingerprint density at radius 1 is 1.20 bits per heavy atom. The number of cyclic esters (lactones) is 1. The molecule has 11 nitrogen and oxygen atoms in total. The maximum Gasteiger partial charge on any atom is 0.514 e. The van der Waals surface area contributed by atoms with Gasteiger partial charge in [0.1, 0.15) is 11.4 Å². The Morgan fingerprint density at radius 2 is 1.95 bits per heavy atom. The van der Waals surface area contributed by atoms with Gasteiger partial charge < -0.3 is 38.4 Å². The van der Waals surface area contributed by atoms with Crippen molar-refractivity contribution in [2.24, 2.45) is 0 Å². The second-order valence-corrected chi connectivity index (χ2v) is 12.8. The van der Waals surface area contributed by atoms with Crippen LogP contribution in [0.3, 0.4) is 0 Å². The third-order valence-corrected chi connectivity index (χ3v) is 8.54. The maximum absolute atomic E-state index is 13.0. The van der Waals surface area contributed by atoms with E-state index in [9.17, 15) is 19.5 Å². The Hall–Kier alpha value is -3.15. The fourth-order valence-electron chi connectivity index (χ4n) is 7.04. The average Bonchev–Trinajstić information content (AvgIpc) is 3.30. The van der Waals surface area contributed by atoms with Crippen LogP contribution in [0.1, 0.15) is 65.0 Å². The van der Waals surface area contributed by atoms with E-state index in [-0.39, 0.29) is 30.4 Å². The molecule has 11 heteroatoms. The zero-order valence-electron chi connectivity index (χ0n) is 23.6. The van der Waals surface area contributed by atoms with Crippen molar-refractivity contribution in [3.63, 3.8) is 0 Å². The molecular weight excluding hydrogens is 522 g/mol. The molecule has 0 unspecified atom stereocenters. The van der Waals surface area contributed by atoms with Crippen molar-refractivity contribution >= 4 is 18.1 Å². The zero-order chi connectivity index (χ0) is 28.8. The molecule has 1 aromatic rings. The number of hydrogen-bond acceptors (Lipinski definition) is 11. The Bertz CT molecular complexity index is 1330. The summed E-state index contributed by atoms with van der Waals surface area (Å²) in [6, 6.07) is 3.37. The molecule has 3 aliphatic heterocycles. The van der Waals surface area contributed by atoms with Gasteiger partial charge in [-0.1, -0.05) is 6.07 Å². The smallest absolute Gasteiger partial charge is 0.477 e. The first-order valence-electron chi connectivity index (χ1n) is 13.6. The largest absolute Gasteiger partial charge is 0.514 e. The van der Waals surface area contributed by atoms with E-state index in [1.165, 1.54) is 0 Å². The molecule has 0 aromatic heterocycles. The van der Waals surface area contributed by atoms with E-state index in [1.807, 2.05) is 13.1 Å². The minimum atomic E-state index is -1.22. The number of likely N-dealkylation sites (tertiary alicyclic amines) is 1. The molecule has 2 saturated heterocycles. The Labute approximate surface area is 232 Å². The lowest BCUT2D eigenvalue weighted by molar-refractivity contribution is -0.171. The van der Waals surface area contributed by atoms with Crippen LogP contribution in [0.15, 0.2) is 24.0 Å². The Kier molecular flexibility index (Phi) is 5.86. The maximum atomic E-state index is 13.0. The number of aliphatic hydroxyl groups is 1. The zero-order valence-corrected chi connectivity index (χ0v) is 23.6. The predicted molar refractivity (Wildman–Crippen MR) is 138 cm³/mol. The van der Waals surface area contributed by atoms with Gasteiger partial charge >= 0.3 is 18.1 Å². The molecule has 2 bridgehead atoms. The van der Waals surface area contributed by atoms with Crippen LogP contribution >= 0.6 is 0 Å². The second-order valence-electron chi connectivity index (χ2n) is 12.8. The number of carbonyl (C=O) groups excluding carboxylic acids is 3. The molecule has 1 spiro atoms. The summed E-state index contributed by atoms with van der Waals surface area (Å²) in [5.41, 5.74) is -1.15. The number of benzene rings is 1. The molecule has 0 radical (unpaired) electrons. The Morgan fingerprint density at radius 3 is 2.62 bits per heavy atom. The van der Waals surface area contributed by atoms with Crippen molar-refractivity contribution in [2.45, 2.75) is 101 Å². The molecule has 216 valence electrons. The third kappa shape index (κ3) is 4.01. The lowest BCUT2D eigenvalue weighted by Gasteiger charge is -2.61. The second kappa shape index (κ2) is 8.67. The number of ether oxygens (including phenoxy) is 6. The molecule has 5 aliphatic rings. The first kappa shape index (κ1) is 27.0. The van der Waals surface area contributed by atoms with Gasteiger partial charge in [-0.05, 0) is 64.9 Å². The first-order chi connectivity index (χ1) is 18.6.